The highest BCUT2D eigenvalue weighted by Crippen LogP contribution is 2.52. The van der Waals surface area contributed by atoms with Crippen LogP contribution in [-0.4, -0.2) is 35.0 Å². The van der Waals surface area contributed by atoms with Gasteiger partial charge in [-0.15, -0.1) is 0 Å². The Morgan fingerprint density at radius 2 is 2.20 bits per heavy atom. The quantitative estimate of drug-likeness (QED) is 0.744. The van der Waals surface area contributed by atoms with Gasteiger partial charge in [0.05, 0.1) is 18.9 Å². The molecule has 2 aliphatic rings. The Labute approximate surface area is 112 Å². The molecule has 10 heteroatoms. The van der Waals surface area contributed by atoms with E-state index in [1.54, 1.807) is 0 Å². The van der Waals surface area contributed by atoms with Crippen LogP contribution in [0.5, 0.6) is 0 Å². The van der Waals surface area contributed by atoms with E-state index in [4.69, 9.17) is 13.8 Å². The molecule has 4 atom stereocenters. The van der Waals surface area contributed by atoms with Gasteiger partial charge >= 0.3 is 13.3 Å². The fourth-order valence-electron chi connectivity index (χ4n) is 2.29. The molecule has 0 aliphatic carbocycles. The summed E-state index contributed by atoms with van der Waals surface area (Å²) in [6, 6.07) is 0. The van der Waals surface area contributed by atoms with Crippen molar-refractivity contribution < 1.29 is 22.7 Å². The third-order valence-electron chi connectivity index (χ3n) is 3.22. The lowest BCUT2D eigenvalue weighted by molar-refractivity contribution is -0.0582. The Kier molecular flexibility index (Phi) is 3.17. The topological polar surface area (TPSA) is 99.6 Å². The third-order valence-corrected chi connectivity index (χ3v) is 4.49. The normalized spacial score (nSPS) is 36.8. The van der Waals surface area contributed by atoms with Crippen molar-refractivity contribution in [2.45, 2.75) is 24.9 Å². The maximum atomic E-state index is 13.2. The van der Waals surface area contributed by atoms with E-state index in [9.17, 15) is 18.5 Å². The molecular formula is C10H12FN2O6P. The van der Waals surface area contributed by atoms with E-state index in [2.05, 4.69) is 0 Å². The summed E-state index contributed by atoms with van der Waals surface area (Å²) < 4.78 is 41.7. The Bertz CT molecular complexity index is 700. The van der Waals surface area contributed by atoms with Crippen LogP contribution >= 0.6 is 7.60 Å². The molecule has 0 bridgehead atoms. The van der Waals surface area contributed by atoms with Crippen LogP contribution in [0.4, 0.5) is 4.39 Å². The lowest BCUT2D eigenvalue weighted by Crippen LogP contribution is -2.34. The Morgan fingerprint density at radius 3 is 2.95 bits per heavy atom. The van der Waals surface area contributed by atoms with Gasteiger partial charge in [-0.1, -0.05) is 0 Å². The van der Waals surface area contributed by atoms with Gasteiger partial charge in [0.15, 0.2) is 0 Å². The SMILES string of the molecule is CP1(=O)OC[C@H]2O[C@@H](n3cc(F)c(=O)[nH]c3=O)C[C@H]2O1. The largest absolute Gasteiger partial charge is 0.349 e. The smallest absolute Gasteiger partial charge is 0.330 e. The minimum atomic E-state index is -3.10. The molecule has 0 radical (unpaired) electrons. The van der Waals surface area contributed by atoms with Crippen LogP contribution in [0.25, 0.3) is 0 Å². The summed E-state index contributed by atoms with van der Waals surface area (Å²) in [6.45, 7) is 1.43. The van der Waals surface area contributed by atoms with E-state index in [0.29, 0.717) is 0 Å². The molecule has 3 rings (SSSR count). The molecule has 1 unspecified atom stereocenters. The van der Waals surface area contributed by atoms with Gasteiger partial charge in [-0.2, -0.15) is 4.39 Å². The van der Waals surface area contributed by atoms with Gasteiger partial charge in [0.25, 0.3) is 5.56 Å². The zero-order valence-corrected chi connectivity index (χ0v) is 11.3. The number of hydrogen-bond acceptors (Lipinski definition) is 6. The average molecular weight is 306 g/mol. The van der Waals surface area contributed by atoms with Crippen molar-refractivity contribution in [3.63, 3.8) is 0 Å². The molecule has 2 saturated heterocycles. The second-order valence-corrected chi connectivity index (χ2v) is 6.73. The number of aromatic nitrogens is 2. The zero-order chi connectivity index (χ0) is 14.5. The molecule has 8 nitrogen and oxygen atoms in total. The number of rotatable bonds is 1. The Hall–Kier alpha value is -1.28. The maximum absolute atomic E-state index is 13.2. The van der Waals surface area contributed by atoms with E-state index >= 15 is 0 Å². The standard InChI is InChI=1S/C10H12FN2O6P/c1-20(16)17-4-7-6(19-20)2-8(18-7)13-3-5(11)9(14)12-10(13)15/h3,6-8H,2,4H2,1H3,(H,12,14,15)/t6-,7-,8-,20?/m1/s1. The lowest BCUT2D eigenvalue weighted by Gasteiger charge is -2.28. The van der Waals surface area contributed by atoms with E-state index in [-0.39, 0.29) is 13.0 Å². The molecule has 20 heavy (non-hydrogen) atoms. The number of hydrogen-bond donors (Lipinski definition) is 1. The summed E-state index contributed by atoms with van der Waals surface area (Å²) in [5, 5.41) is 0. The molecule has 2 fully saturated rings. The van der Waals surface area contributed by atoms with Crippen LogP contribution in [0.3, 0.4) is 0 Å². The monoisotopic (exact) mass is 306 g/mol. The molecular weight excluding hydrogens is 294 g/mol. The van der Waals surface area contributed by atoms with Gasteiger partial charge in [0, 0.05) is 13.1 Å². The van der Waals surface area contributed by atoms with Crippen LogP contribution in [0, 0.1) is 5.82 Å². The summed E-state index contributed by atoms with van der Waals surface area (Å²) in [4.78, 5) is 24.5. The van der Waals surface area contributed by atoms with Gasteiger partial charge in [-0.3, -0.25) is 18.9 Å². The highest BCUT2D eigenvalue weighted by Gasteiger charge is 2.45. The molecule has 3 heterocycles. The van der Waals surface area contributed by atoms with Crippen molar-refractivity contribution in [2.75, 3.05) is 13.3 Å². The van der Waals surface area contributed by atoms with Crippen molar-refractivity contribution in [1.82, 2.24) is 9.55 Å². The van der Waals surface area contributed by atoms with Gasteiger partial charge in [0.2, 0.25) is 5.82 Å². The van der Waals surface area contributed by atoms with E-state index in [0.717, 1.165) is 10.8 Å². The zero-order valence-electron chi connectivity index (χ0n) is 10.4. The van der Waals surface area contributed by atoms with Crippen LogP contribution in [0.2, 0.25) is 0 Å². The fourth-order valence-corrected chi connectivity index (χ4v) is 3.48. The number of fused-ring (bicyclic) bond motifs is 1. The minimum Gasteiger partial charge on any atom is -0.349 e. The van der Waals surface area contributed by atoms with Crippen molar-refractivity contribution in [2.24, 2.45) is 0 Å². The van der Waals surface area contributed by atoms with Crippen molar-refractivity contribution in [3.05, 3.63) is 32.9 Å². The lowest BCUT2D eigenvalue weighted by atomic mass is 10.2. The van der Waals surface area contributed by atoms with Crippen molar-refractivity contribution >= 4 is 7.60 Å². The summed E-state index contributed by atoms with van der Waals surface area (Å²) in [6.07, 6.45) is -0.770. The molecule has 110 valence electrons. The third kappa shape index (κ3) is 2.37. The molecule has 1 aromatic rings. The van der Waals surface area contributed by atoms with Crippen molar-refractivity contribution in [3.8, 4) is 0 Å². The second kappa shape index (κ2) is 4.63. The number of nitrogens with one attached hydrogen (secondary N) is 1. The predicted octanol–water partition coefficient (Wildman–Crippen LogP) is 0.201. The van der Waals surface area contributed by atoms with Crippen LogP contribution < -0.4 is 11.2 Å². The molecule has 2 aliphatic heterocycles. The second-order valence-electron chi connectivity index (χ2n) is 4.72. The van der Waals surface area contributed by atoms with Gasteiger partial charge in [-0.05, 0) is 0 Å². The summed E-state index contributed by atoms with van der Waals surface area (Å²) in [5.41, 5.74) is -1.86. The molecule has 0 saturated carbocycles. The van der Waals surface area contributed by atoms with Crippen LogP contribution in [0.15, 0.2) is 15.8 Å². The average Bonchev–Trinajstić information content (AvgIpc) is 2.74. The number of nitrogens with zero attached hydrogens (tertiary/aromatic N) is 1. The summed E-state index contributed by atoms with van der Waals surface area (Å²) in [5.74, 6) is -1.08. The van der Waals surface area contributed by atoms with Gasteiger partial charge < -0.3 is 13.8 Å². The summed E-state index contributed by atoms with van der Waals surface area (Å²) >= 11 is 0. The highest BCUT2D eigenvalue weighted by atomic mass is 31.2. The number of H-pyrrole nitrogens is 1. The van der Waals surface area contributed by atoms with Crippen molar-refractivity contribution in [1.29, 1.82) is 0 Å². The number of halogens is 1. The fraction of sp³-hybridized carbons (Fsp3) is 0.600. The molecule has 0 spiro atoms. The Morgan fingerprint density at radius 1 is 1.45 bits per heavy atom. The molecule has 0 amide bonds. The van der Waals surface area contributed by atoms with E-state index < -0.39 is 43.1 Å². The maximum Gasteiger partial charge on any atom is 0.330 e. The van der Waals surface area contributed by atoms with E-state index in [1.165, 1.54) is 6.66 Å². The minimum absolute atomic E-state index is 0.0789. The molecule has 1 N–H and O–H groups in total. The molecule has 0 aromatic carbocycles. The number of ether oxygens (including phenoxy) is 1. The first kappa shape index (κ1) is 13.7. The van der Waals surface area contributed by atoms with Crippen LogP contribution in [0.1, 0.15) is 12.6 Å². The summed E-state index contributed by atoms with van der Waals surface area (Å²) in [7, 11) is -3.10. The Balaban J connectivity index is 1.88. The van der Waals surface area contributed by atoms with Gasteiger partial charge in [-0.25, -0.2) is 4.79 Å². The number of aromatic amines is 1. The van der Waals surface area contributed by atoms with Gasteiger partial charge in [0.1, 0.15) is 12.3 Å². The molecule has 1 aromatic heterocycles. The van der Waals surface area contributed by atoms with E-state index in [1.807, 2.05) is 4.98 Å². The highest BCUT2D eigenvalue weighted by molar-refractivity contribution is 7.53. The predicted molar refractivity (Wildman–Crippen MR) is 64.2 cm³/mol. The first-order chi connectivity index (χ1) is 9.35. The van der Waals surface area contributed by atoms with Crippen LogP contribution in [-0.2, 0) is 18.3 Å². The first-order valence-electron chi connectivity index (χ1n) is 5.92. The first-order valence-corrected chi connectivity index (χ1v) is 7.91.